The van der Waals surface area contributed by atoms with E-state index >= 15 is 0 Å². The molecule has 0 bridgehead atoms. The fourth-order valence-electron chi connectivity index (χ4n) is 3.73. The van der Waals surface area contributed by atoms with E-state index in [1.807, 2.05) is 6.92 Å². The molecule has 2 heterocycles. The van der Waals surface area contributed by atoms with E-state index in [4.69, 9.17) is 10.5 Å². The topological polar surface area (TPSA) is 83.2 Å². The molecule has 8 heteroatoms. The Hall–Kier alpha value is -1.55. The summed E-state index contributed by atoms with van der Waals surface area (Å²) < 4.78 is 5.04. The second-order valence-electron chi connectivity index (χ2n) is 7.17. The third kappa shape index (κ3) is 6.51. The van der Waals surface area contributed by atoms with Crippen molar-refractivity contribution in [3.05, 3.63) is 35.4 Å². The van der Waals surface area contributed by atoms with Gasteiger partial charge in [0.2, 0.25) is 0 Å². The maximum absolute atomic E-state index is 11.7. The number of halogens is 1. The van der Waals surface area contributed by atoms with E-state index in [1.165, 1.54) is 11.1 Å². The molecule has 1 fully saturated rings. The van der Waals surface area contributed by atoms with Gasteiger partial charge in [-0.1, -0.05) is 24.3 Å². The molecule has 28 heavy (non-hydrogen) atoms. The summed E-state index contributed by atoms with van der Waals surface area (Å²) >= 11 is 0. The number of benzene rings is 1. The number of ether oxygens (including phenoxy) is 1. The molecule has 156 valence electrons. The van der Waals surface area contributed by atoms with Gasteiger partial charge in [-0.05, 0) is 37.3 Å². The highest BCUT2D eigenvalue weighted by atomic mass is 127. The normalized spacial score (nSPS) is 18.2. The first-order chi connectivity index (χ1) is 13.2. The lowest BCUT2D eigenvalue weighted by Gasteiger charge is -2.31. The summed E-state index contributed by atoms with van der Waals surface area (Å²) in [5, 5.41) is 3.29. The third-order valence-electron chi connectivity index (χ3n) is 5.28. The lowest BCUT2D eigenvalue weighted by atomic mass is 10.00. The lowest BCUT2D eigenvalue weighted by Crippen LogP contribution is -2.48. The van der Waals surface area contributed by atoms with Crippen molar-refractivity contribution in [3.8, 4) is 0 Å². The Kier molecular flexibility index (Phi) is 9.30. The van der Waals surface area contributed by atoms with Crippen molar-refractivity contribution >= 4 is 36.0 Å². The first-order valence-electron chi connectivity index (χ1n) is 9.93. The number of carbonyl (C=O) groups excluding carboxylic acids is 1. The van der Waals surface area contributed by atoms with Gasteiger partial charge in [0.15, 0.2) is 5.96 Å². The number of carbonyl (C=O) groups is 1. The number of hydrogen-bond donors (Lipinski definition) is 2. The summed E-state index contributed by atoms with van der Waals surface area (Å²) in [6.45, 7) is 7.30. The first-order valence-corrected chi connectivity index (χ1v) is 9.93. The van der Waals surface area contributed by atoms with Crippen LogP contribution in [0.15, 0.2) is 29.3 Å². The van der Waals surface area contributed by atoms with Gasteiger partial charge in [0.25, 0.3) is 0 Å². The van der Waals surface area contributed by atoms with Crippen LogP contribution in [0.5, 0.6) is 0 Å². The number of aliphatic imine (C=N–C) groups is 1. The average Bonchev–Trinajstić information content (AvgIpc) is 2.68. The largest absolute Gasteiger partial charge is 0.450 e. The van der Waals surface area contributed by atoms with Crippen molar-refractivity contribution in [2.75, 3.05) is 39.3 Å². The Morgan fingerprint density at radius 1 is 1.25 bits per heavy atom. The second-order valence-corrected chi connectivity index (χ2v) is 7.17. The Balaban J connectivity index is 0.00000280. The minimum absolute atomic E-state index is 0. The predicted octanol–water partition coefficient (Wildman–Crippen LogP) is 2.19. The van der Waals surface area contributed by atoms with Crippen LogP contribution in [0.25, 0.3) is 0 Å². The van der Waals surface area contributed by atoms with Crippen LogP contribution in [0.1, 0.15) is 30.9 Å². The van der Waals surface area contributed by atoms with Gasteiger partial charge in [0.1, 0.15) is 0 Å². The van der Waals surface area contributed by atoms with Gasteiger partial charge in [-0.2, -0.15) is 0 Å². The number of likely N-dealkylation sites (tertiary alicyclic amines) is 1. The summed E-state index contributed by atoms with van der Waals surface area (Å²) in [5.74, 6) is 0.502. The van der Waals surface area contributed by atoms with Gasteiger partial charge >= 0.3 is 6.09 Å². The van der Waals surface area contributed by atoms with Gasteiger partial charge in [-0.25, -0.2) is 4.79 Å². The molecular weight excluding hydrogens is 469 g/mol. The fourth-order valence-corrected chi connectivity index (χ4v) is 3.73. The zero-order valence-electron chi connectivity index (χ0n) is 16.6. The van der Waals surface area contributed by atoms with Gasteiger partial charge in [0.05, 0.1) is 13.2 Å². The molecule has 7 nitrogen and oxygen atoms in total. The molecule has 2 aliphatic rings. The molecule has 0 aliphatic carbocycles. The molecule has 0 saturated carbocycles. The molecule has 0 aromatic heterocycles. The summed E-state index contributed by atoms with van der Waals surface area (Å²) in [4.78, 5) is 20.4. The number of guanidine groups is 1. The van der Waals surface area contributed by atoms with Crippen molar-refractivity contribution in [2.45, 2.75) is 38.8 Å². The number of hydrogen-bond acceptors (Lipinski definition) is 4. The monoisotopic (exact) mass is 501 g/mol. The molecule has 0 atom stereocenters. The molecule has 0 unspecified atom stereocenters. The summed E-state index contributed by atoms with van der Waals surface area (Å²) in [5.41, 5.74) is 8.94. The Morgan fingerprint density at radius 2 is 1.96 bits per heavy atom. The molecule has 1 amide bonds. The molecular formula is C20H32IN5O2. The van der Waals surface area contributed by atoms with E-state index in [0.29, 0.717) is 32.2 Å². The molecule has 1 aromatic rings. The fraction of sp³-hybridized carbons (Fsp3) is 0.600. The van der Waals surface area contributed by atoms with Crippen LogP contribution in [0.2, 0.25) is 0 Å². The van der Waals surface area contributed by atoms with Crippen LogP contribution in [0.4, 0.5) is 4.79 Å². The number of nitrogens with two attached hydrogens (primary N) is 1. The lowest BCUT2D eigenvalue weighted by molar-refractivity contribution is 0.0963. The van der Waals surface area contributed by atoms with Crippen molar-refractivity contribution in [2.24, 2.45) is 10.7 Å². The van der Waals surface area contributed by atoms with Crippen LogP contribution >= 0.6 is 24.0 Å². The first kappa shape index (κ1) is 22.7. The van der Waals surface area contributed by atoms with Crippen molar-refractivity contribution < 1.29 is 9.53 Å². The maximum Gasteiger partial charge on any atom is 0.409 e. The molecule has 3 rings (SSSR count). The summed E-state index contributed by atoms with van der Waals surface area (Å²) in [7, 11) is 0. The van der Waals surface area contributed by atoms with E-state index in [2.05, 4.69) is 39.5 Å². The van der Waals surface area contributed by atoms with Gasteiger partial charge < -0.3 is 20.7 Å². The van der Waals surface area contributed by atoms with Gasteiger partial charge in [0, 0.05) is 38.8 Å². The number of nitrogens with one attached hydrogen (secondary N) is 1. The highest BCUT2D eigenvalue weighted by Crippen LogP contribution is 2.18. The Morgan fingerprint density at radius 3 is 2.68 bits per heavy atom. The quantitative estimate of drug-likeness (QED) is 0.367. The molecule has 1 saturated heterocycles. The Labute approximate surface area is 184 Å². The standard InChI is InChI=1S/C20H31N5O2.HI/c1-2-27-20(26)25-12-8-18(9-13-25)23-19(21)22-10-14-24-11-7-16-5-3-4-6-17(16)15-24;/h3-6,18H,2,7-15H2,1H3,(H3,21,22,23);1H. The van der Waals surface area contributed by atoms with Crippen molar-refractivity contribution in [3.63, 3.8) is 0 Å². The third-order valence-corrected chi connectivity index (χ3v) is 5.28. The van der Waals surface area contributed by atoms with Crippen molar-refractivity contribution in [1.82, 2.24) is 15.1 Å². The van der Waals surface area contributed by atoms with E-state index in [0.717, 1.165) is 38.9 Å². The van der Waals surface area contributed by atoms with E-state index < -0.39 is 0 Å². The summed E-state index contributed by atoms with van der Waals surface area (Å²) in [6, 6.07) is 8.92. The SMILES string of the molecule is CCOC(=O)N1CCC(NC(N)=NCCN2CCc3ccccc3C2)CC1.I. The zero-order valence-corrected chi connectivity index (χ0v) is 18.9. The van der Waals surface area contributed by atoms with Crippen LogP contribution in [-0.2, 0) is 17.7 Å². The molecule has 3 N–H and O–H groups in total. The van der Waals surface area contributed by atoms with Crippen molar-refractivity contribution in [1.29, 1.82) is 0 Å². The minimum atomic E-state index is -0.222. The number of fused-ring (bicyclic) bond motifs is 1. The number of rotatable bonds is 5. The Bertz CT molecular complexity index is 662. The second kappa shape index (κ2) is 11.5. The van der Waals surface area contributed by atoms with Crippen LogP contribution in [-0.4, -0.2) is 67.2 Å². The van der Waals surface area contributed by atoms with E-state index in [1.54, 1.807) is 4.90 Å². The van der Waals surface area contributed by atoms with E-state index in [-0.39, 0.29) is 36.1 Å². The van der Waals surface area contributed by atoms with E-state index in [9.17, 15) is 4.79 Å². The van der Waals surface area contributed by atoms with Crippen LogP contribution < -0.4 is 11.1 Å². The van der Waals surface area contributed by atoms with Gasteiger partial charge in [-0.3, -0.25) is 9.89 Å². The minimum Gasteiger partial charge on any atom is -0.450 e. The average molecular weight is 501 g/mol. The highest BCUT2D eigenvalue weighted by Gasteiger charge is 2.23. The molecule has 1 aromatic carbocycles. The maximum atomic E-state index is 11.7. The number of amides is 1. The number of nitrogens with zero attached hydrogens (tertiary/aromatic N) is 3. The smallest absolute Gasteiger partial charge is 0.409 e. The zero-order chi connectivity index (χ0) is 19.1. The molecule has 0 spiro atoms. The predicted molar refractivity (Wildman–Crippen MR) is 122 cm³/mol. The van der Waals surface area contributed by atoms with Crippen LogP contribution in [0, 0.1) is 0 Å². The highest BCUT2D eigenvalue weighted by molar-refractivity contribution is 14.0. The molecule has 0 radical (unpaired) electrons. The molecule has 2 aliphatic heterocycles. The summed E-state index contributed by atoms with van der Waals surface area (Å²) in [6.07, 6.45) is 2.60. The number of piperidine rings is 1. The van der Waals surface area contributed by atoms with Gasteiger partial charge in [-0.15, -0.1) is 24.0 Å². The van der Waals surface area contributed by atoms with Crippen LogP contribution in [0.3, 0.4) is 0 Å².